The SMILES string of the molecule is Cc1ccc(Nc2nccc(C(=O)NC3CC3)n2)cc1. The van der Waals surface area contributed by atoms with Crippen LogP contribution >= 0.6 is 0 Å². The minimum Gasteiger partial charge on any atom is -0.348 e. The van der Waals surface area contributed by atoms with Crippen LogP contribution < -0.4 is 10.6 Å². The topological polar surface area (TPSA) is 66.9 Å². The monoisotopic (exact) mass is 268 g/mol. The van der Waals surface area contributed by atoms with Crippen LogP contribution in [0.3, 0.4) is 0 Å². The number of carbonyl (C=O) groups is 1. The fourth-order valence-corrected chi connectivity index (χ4v) is 1.80. The Balaban J connectivity index is 1.73. The third kappa shape index (κ3) is 3.12. The van der Waals surface area contributed by atoms with Gasteiger partial charge in [0.2, 0.25) is 5.95 Å². The quantitative estimate of drug-likeness (QED) is 0.893. The molecule has 1 amide bonds. The molecule has 1 aromatic carbocycles. The van der Waals surface area contributed by atoms with Crippen LogP contribution in [0.2, 0.25) is 0 Å². The number of carbonyl (C=O) groups excluding carboxylic acids is 1. The molecule has 2 aromatic rings. The predicted molar refractivity (Wildman–Crippen MR) is 77.0 cm³/mol. The van der Waals surface area contributed by atoms with Crippen molar-refractivity contribution in [2.45, 2.75) is 25.8 Å². The number of rotatable bonds is 4. The molecule has 0 radical (unpaired) electrons. The van der Waals surface area contributed by atoms with Crippen molar-refractivity contribution in [2.24, 2.45) is 0 Å². The van der Waals surface area contributed by atoms with Gasteiger partial charge in [0.05, 0.1) is 0 Å². The number of nitrogens with zero attached hydrogens (tertiary/aromatic N) is 2. The van der Waals surface area contributed by atoms with Gasteiger partial charge in [-0.15, -0.1) is 0 Å². The maximum absolute atomic E-state index is 11.9. The highest BCUT2D eigenvalue weighted by atomic mass is 16.2. The second kappa shape index (κ2) is 5.28. The minimum absolute atomic E-state index is 0.137. The number of anilines is 2. The largest absolute Gasteiger partial charge is 0.348 e. The van der Waals surface area contributed by atoms with Crippen molar-refractivity contribution >= 4 is 17.5 Å². The minimum atomic E-state index is -0.137. The zero-order valence-corrected chi connectivity index (χ0v) is 11.3. The fourth-order valence-electron chi connectivity index (χ4n) is 1.80. The first-order valence-electron chi connectivity index (χ1n) is 6.68. The van der Waals surface area contributed by atoms with Crippen LogP contribution in [0.15, 0.2) is 36.5 Å². The van der Waals surface area contributed by atoms with E-state index in [0.29, 0.717) is 17.7 Å². The summed E-state index contributed by atoms with van der Waals surface area (Å²) in [4.78, 5) is 20.3. The van der Waals surface area contributed by atoms with Crippen LogP contribution in [0.25, 0.3) is 0 Å². The molecule has 1 aliphatic rings. The second-order valence-electron chi connectivity index (χ2n) is 5.00. The Morgan fingerprint density at radius 3 is 2.65 bits per heavy atom. The number of amides is 1. The van der Waals surface area contributed by atoms with Gasteiger partial charge in [0.25, 0.3) is 5.91 Å². The molecule has 0 spiro atoms. The van der Waals surface area contributed by atoms with Crippen LogP contribution in [0.5, 0.6) is 0 Å². The van der Waals surface area contributed by atoms with Gasteiger partial charge in [-0.1, -0.05) is 17.7 Å². The summed E-state index contributed by atoms with van der Waals surface area (Å²) >= 11 is 0. The normalized spacial score (nSPS) is 13.8. The lowest BCUT2D eigenvalue weighted by Crippen LogP contribution is -2.26. The lowest BCUT2D eigenvalue weighted by molar-refractivity contribution is 0.0946. The van der Waals surface area contributed by atoms with E-state index in [-0.39, 0.29) is 5.91 Å². The lowest BCUT2D eigenvalue weighted by Gasteiger charge is -2.07. The summed E-state index contributed by atoms with van der Waals surface area (Å²) in [5, 5.41) is 6.00. The average molecular weight is 268 g/mol. The molecule has 1 heterocycles. The first-order valence-corrected chi connectivity index (χ1v) is 6.68. The summed E-state index contributed by atoms with van der Waals surface area (Å²) < 4.78 is 0. The highest BCUT2D eigenvalue weighted by Crippen LogP contribution is 2.19. The van der Waals surface area contributed by atoms with Crippen molar-refractivity contribution < 1.29 is 4.79 Å². The van der Waals surface area contributed by atoms with Gasteiger partial charge < -0.3 is 10.6 Å². The Hall–Kier alpha value is -2.43. The van der Waals surface area contributed by atoms with Gasteiger partial charge in [-0.05, 0) is 38.0 Å². The van der Waals surface area contributed by atoms with Gasteiger partial charge in [0.15, 0.2) is 0 Å². The molecule has 1 aromatic heterocycles. The molecular formula is C15H16N4O. The number of nitrogens with one attached hydrogen (secondary N) is 2. The summed E-state index contributed by atoms with van der Waals surface area (Å²) in [5.74, 6) is 0.291. The van der Waals surface area contributed by atoms with Crippen LogP contribution in [0.1, 0.15) is 28.9 Å². The molecule has 1 saturated carbocycles. The first-order chi connectivity index (χ1) is 9.70. The molecule has 102 valence electrons. The third-order valence-electron chi connectivity index (χ3n) is 3.11. The summed E-state index contributed by atoms with van der Waals surface area (Å²) in [5.41, 5.74) is 2.48. The van der Waals surface area contributed by atoms with E-state index in [4.69, 9.17) is 0 Å². The first kappa shape index (κ1) is 12.6. The molecule has 2 N–H and O–H groups in total. The van der Waals surface area contributed by atoms with Crippen molar-refractivity contribution in [3.8, 4) is 0 Å². The number of aryl methyl sites for hydroxylation is 1. The summed E-state index contributed by atoms with van der Waals surface area (Å²) in [6.07, 6.45) is 3.71. The summed E-state index contributed by atoms with van der Waals surface area (Å²) in [6, 6.07) is 9.87. The van der Waals surface area contributed by atoms with Crippen LogP contribution in [0, 0.1) is 6.92 Å². The standard InChI is InChI=1S/C15H16N4O/c1-10-2-4-12(5-3-10)18-15-16-9-8-13(19-15)14(20)17-11-6-7-11/h2-5,8-9,11H,6-7H2,1H3,(H,17,20)(H,16,18,19). The van der Waals surface area contributed by atoms with Crippen molar-refractivity contribution in [1.82, 2.24) is 15.3 Å². The number of hydrogen-bond donors (Lipinski definition) is 2. The Labute approximate surface area is 117 Å². The number of hydrogen-bond acceptors (Lipinski definition) is 4. The number of aromatic nitrogens is 2. The van der Waals surface area contributed by atoms with Crippen molar-refractivity contribution in [2.75, 3.05) is 5.32 Å². The van der Waals surface area contributed by atoms with E-state index < -0.39 is 0 Å². The van der Waals surface area contributed by atoms with Crippen LogP contribution in [0.4, 0.5) is 11.6 Å². The van der Waals surface area contributed by atoms with Crippen LogP contribution in [-0.4, -0.2) is 21.9 Å². The molecule has 0 bridgehead atoms. The van der Waals surface area contributed by atoms with Crippen molar-refractivity contribution in [3.05, 3.63) is 47.8 Å². The van der Waals surface area contributed by atoms with E-state index in [1.165, 1.54) is 5.56 Å². The highest BCUT2D eigenvalue weighted by Gasteiger charge is 2.24. The van der Waals surface area contributed by atoms with Gasteiger partial charge in [-0.3, -0.25) is 4.79 Å². The molecule has 0 saturated heterocycles. The van der Waals surface area contributed by atoms with Gasteiger partial charge in [-0.25, -0.2) is 9.97 Å². The Bertz CT molecular complexity index is 620. The third-order valence-corrected chi connectivity index (χ3v) is 3.11. The van der Waals surface area contributed by atoms with Gasteiger partial charge in [0, 0.05) is 17.9 Å². The Morgan fingerprint density at radius 2 is 1.95 bits per heavy atom. The summed E-state index contributed by atoms with van der Waals surface area (Å²) in [7, 11) is 0. The van der Waals surface area contributed by atoms with E-state index >= 15 is 0 Å². The highest BCUT2D eigenvalue weighted by molar-refractivity contribution is 5.92. The van der Waals surface area contributed by atoms with Gasteiger partial charge in [0.1, 0.15) is 5.69 Å². The average Bonchev–Trinajstić information content (AvgIpc) is 3.26. The van der Waals surface area contributed by atoms with E-state index in [1.54, 1.807) is 12.3 Å². The van der Waals surface area contributed by atoms with E-state index in [2.05, 4.69) is 20.6 Å². The predicted octanol–water partition coefficient (Wildman–Crippen LogP) is 2.42. The van der Waals surface area contributed by atoms with Crippen LogP contribution in [-0.2, 0) is 0 Å². The molecule has 0 unspecified atom stereocenters. The second-order valence-corrected chi connectivity index (χ2v) is 5.00. The van der Waals surface area contributed by atoms with Crippen molar-refractivity contribution in [3.63, 3.8) is 0 Å². The summed E-state index contributed by atoms with van der Waals surface area (Å²) in [6.45, 7) is 2.03. The Kier molecular flexibility index (Phi) is 3.33. The van der Waals surface area contributed by atoms with Gasteiger partial charge in [-0.2, -0.15) is 0 Å². The molecule has 3 rings (SSSR count). The van der Waals surface area contributed by atoms with Gasteiger partial charge >= 0.3 is 0 Å². The fraction of sp³-hybridized carbons (Fsp3) is 0.267. The van der Waals surface area contributed by atoms with E-state index in [9.17, 15) is 4.79 Å². The van der Waals surface area contributed by atoms with Crippen molar-refractivity contribution in [1.29, 1.82) is 0 Å². The maximum atomic E-state index is 11.9. The lowest BCUT2D eigenvalue weighted by atomic mass is 10.2. The smallest absolute Gasteiger partial charge is 0.270 e. The van der Waals surface area contributed by atoms with E-state index in [0.717, 1.165) is 18.5 Å². The Morgan fingerprint density at radius 1 is 1.20 bits per heavy atom. The molecular weight excluding hydrogens is 252 g/mol. The molecule has 0 atom stereocenters. The van der Waals surface area contributed by atoms with E-state index in [1.807, 2.05) is 31.2 Å². The molecule has 5 heteroatoms. The molecule has 5 nitrogen and oxygen atoms in total. The molecule has 0 aliphatic heterocycles. The zero-order valence-electron chi connectivity index (χ0n) is 11.3. The molecule has 1 aliphatic carbocycles. The molecule has 20 heavy (non-hydrogen) atoms. The number of benzene rings is 1. The zero-order chi connectivity index (χ0) is 13.9. The molecule has 1 fully saturated rings. The maximum Gasteiger partial charge on any atom is 0.270 e.